The van der Waals surface area contributed by atoms with Gasteiger partial charge in [0.05, 0.1) is 32.5 Å². The molecule has 4 N–H and O–H groups in total. The Kier molecular flexibility index (Phi) is 23.1. The molecule has 0 fully saturated rings. The molecule has 400 valence electrons. The maximum atomic E-state index is 13.4. The minimum atomic E-state index is -1.70. The van der Waals surface area contributed by atoms with Crippen molar-refractivity contribution in [3.8, 4) is 23.0 Å². The van der Waals surface area contributed by atoms with Crippen LogP contribution in [0.5, 0.6) is 23.0 Å². The Balaban J connectivity index is 0.000000246. The number of halogens is 11. The zero-order valence-corrected chi connectivity index (χ0v) is 39.4. The molecule has 5 aromatic rings. The third-order valence-corrected chi connectivity index (χ3v) is 9.61. The molecule has 3 aliphatic carbocycles. The summed E-state index contributed by atoms with van der Waals surface area (Å²) < 4.78 is 154. The van der Waals surface area contributed by atoms with E-state index in [1.165, 1.54) is 14.2 Å². The molecule has 76 heavy (non-hydrogen) atoms. The number of ether oxygens (including phenoxy) is 3. The maximum Gasteiger partial charge on any atom is 0.341 e. The van der Waals surface area contributed by atoms with Crippen LogP contribution in [0, 0.1) is 64.0 Å². The highest BCUT2D eigenvalue weighted by Gasteiger charge is 2.23. The third-order valence-electron chi connectivity index (χ3n) is 9.61. The smallest absolute Gasteiger partial charge is 0.341 e. The summed E-state index contributed by atoms with van der Waals surface area (Å²) >= 11 is 0. The topological polar surface area (TPSA) is 194 Å². The van der Waals surface area contributed by atoms with E-state index in [1.807, 2.05) is 0 Å². The minimum Gasteiger partial charge on any atom is -0.504 e. The average molecular weight is 1080 g/mol. The van der Waals surface area contributed by atoms with Crippen LogP contribution in [0.25, 0.3) is 0 Å². The molecule has 0 aliphatic heterocycles. The van der Waals surface area contributed by atoms with Gasteiger partial charge in [-0.3, -0.25) is 9.59 Å². The van der Waals surface area contributed by atoms with Crippen LogP contribution >= 0.6 is 0 Å². The van der Waals surface area contributed by atoms with Gasteiger partial charge < -0.3 is 34.6 Å². The maximum absolute atomic E-state index is 13.4. The number of carboxylic acid groups (broad SMARTS) is 2. The summed E-state index contributed by atoms with van der Waals surface area (Å²) in [5.74, 6) is -19.5. The highest BCUT2D eigenvalue weighted by atomic mass is 19.2. The van der Waals surface area contributed by atoms with Crippen molar-refractivity contribution in [3.63, 3.8) is 0 Å². The van der Waals surface area contributed by atoms with Crippen molar-refractivity contribution in [1.29, 1.82) is 0 Å². The number of rotatable bonds is 9. The molecule has 5 aromatic carbocycles. The fourth-order valence-corrected chi connectivity index (χ4v) is 6.12. The van der Waals surface area contributed by atoms with Gasteiger partial charge in [0.25, 0.3) is 0 Å². The minimum absolute atomic E-state index is 0.0834. The molecule has 0 aromatic heterocycles. The first kappa shape index (κ1) is 61.0. The van der Waals surface area contributed by atoms with Crippen LogP contribution in [-0.2, 0) is 4.74 Å². The predicted molar refractivity (Wildman–Crippen MR) is 249 cm³/mol. The van der Waals surface area contributed by atoms with Gasteiger partial charge in [-0.15, -0.1) is 0 Å². The Bertz CT molecular complexity index is 3120. The van der Waals surface area contributed by atoms with Crippen LogP contribution in [0.4, 0.5) is 48.3 Å². The van der Waals surface area contributed by atoms with Gasteiger partial charge in [-0.1, -0.05) is 60.8 Å². The molecular formula is C53H39F11O12. The summed E-state index contributed by atoms with van der Waals surface area (Å²) in [5, 5.41) is 34.7. The Morgan fingerprint density at radius 1 is 0.421 bits per heavy atom. The van der Waals surface area contributed by atoms with E-state index in [4.69, 9.17) is 20.1 Å². The second kappa shape index (κ2) is 28.8. The van der Waals surface area contributed by atoms with E-state index in [1.54, 1.807) is 36.5 Å². The molecule has 0 spiro atoms. The Morgan fingerprint density at radius 3 is 1.16 bits per heavy atom. The zero-order chi connectivity index (χ0) is 57.0. The van der Waals surface area contributed by atoms with Crippen molar-refractivity contribution in [1.82, 2.24) is 0 Å². The van der Waals surface area contributed by atoms with Gasteiger partial charge in [0.2, 0.25) is 0 Å². The first-order valence-corrected chi connectivity index (χ1v) is 21.1. The van der Waals surface area contributed by atoms with Crippen molar-refractivity contribution < 1.29 is 107 Å². The number of carbonyl (C=O) groups excluding carboxylic acids is 3. The third kappa shape index (κ3) is 17.2. The summed E-state index contributed by atoms with van der Waals surface area (Å²) in [7, 11) is 3.54. The van der Waals surface area contributed by atoms with Gasteiger partial charge in [-0.25, -0.2) is 62.7 Å². The number of benzene rings is 5. The Morgan fingerprint density at radius 2 is 0.776 bits per heavy atom. The molecule has 0 amide bonds. The van der Waals surface area contributed by atoms with Crippen LogP contribution in [0.2, 0.25) is 0 Å². The SMILES string of the molecule is C1=CCC=C1.COC(=O)c1cc(F)cc(F)c1OC.COc1c(F)cc(F)cc1C(=O)C1=CC=CC1.O=C(C1=CC=CC1)c1cc(F)cc(F)c1O.O=C(O)c1cc(F)cc(F)c1F.O=C(O)c1cc(F)cc(F)c1O. The Labute approximate surface area is 423 Å². The second-order valence-electron chi connectivity index (χ2n) is 14.8. The lowest BCUT2D eigenvalue weighted by atomic mass is 10.0. The van der Waals surface area contributed by atoms with E-state index >= 15 is 0 Å². The Hall–Kier alpha value is -9.28. The predicted octanol–water partition coefficient (Wildman–Crippen LogP) is 12.2. The monoisotopic (exact) mass is 1080 g/mol. The largest absolute Gasteiger partial charge is 0.504 e. The molecule has 0 radical (unpaired) electrons. The second-order valence-corrected chi connectivity index (χ2v) is 14.8. The van der Waals surface area contributed by atoms with Gasteiger partial charge in [0, 0.05) is 41.5 Å². The van der Waals surface area contributed by atoms with Gasteiger partial charge in [0.15, 0.2) is 69.5 Å². The van der Waals surface area contributed by atoms with E-state index in [0.29, 0.717) is 60.4 Å². The molecule has 3 aliphatic rings. The summed E-state index contributed by atoms with van der Waals surface area (Å²) in [6.07, 6.45) is 20.5. The van der Waals surface area contributed by atoms with Gasteiger partial charge in [-0.05, 0) is 49.6 Å². The number of ketones is 2. The van der Waals surface area contributed by atoms with E-state index < -0.39 is 116 Å². The van der Waals surface area contributed by atoms with Crippen molar-refractivity contribution in [2.24, 2.45) is 0 Å². The summed E-state index contributed by atoms with van der Waals surface area (Å²) in [5.41, 5.74) is -1.59. The first-order valence-electron chi connectivity index (χ1n) is 21.1. The molecule has 0 heterocycles. The number of carboxylic acids is 2. The number of carbonyl (C=O) groups is 5. The molecule has 0 saturated heterocycles. The van der Waals surface area contributed by atoms with Crippen LogP contribution in [0.3, 0.4) is 0 Å². The molecule has 0 bridgehead atoms. The quantitative estimate of drug-likeness (QED) is 0.0473. The normalized spacial score (nSPS) is 12.1. The van der Waals surface area contributed by atoms with Crippen LogP contribution in [0.15, 0.2) is 133 Å². The van der Waals surface area contributed by atoms with Crippen LogP contribution in [-0.4, -0.2) is 71.2 Å². The van der Waals surface area contributed by atoms with Crippen molar-refractivity contribution in [2.45, 2.75) is 19.3 Å². The highest BCUT2D eigenvalue weighted by Crippen LogP contribution is 2.30. The van der Waals surface area contributed by atoms with E-state index in [-0.39, 0.29) is 34.3 Å². The molecular weight excluding hydrogens is 1040 g/mol. The van der Waals surface area contributed by atoms with Gasteiger partial charge in [-0.2, -0.15) is 0 Å². The van der Waals surface area contributed by atoms with Crippen molar-refractivity contribution in [2.75, 3.05) is 21.3 Å². The molecule has 0 saturated carbocycles. The lowest BCUT2D eigenvalue weighted by Gasteiger charge is -2.09. The van der Waals surface area contributed by atoms with Crippen molar-refractivity contribution in [3.05, 3.63) is 224 Å². The number of phenols is 2. The molecule has 8 rings (SSSR count). The summed E-state index contributed by atoms with van der Waals surface area (Å²) in [4.78, 5) is 55.2. The molecule has 12 nitrogen and oxygen atoms in total. The number of esters is 1. The van der Waals surface area contributed by atoms with Crippen molar-refractivity contribution >= 4 is 29.5 Å². The van der Waals surface area contributed by atoms with Gasteiger partial charge in [0.1, 0.15) is 45.8 Å². The number of hydrogen-bond donors (Lipinski definition) is 4. The number of phenolic OH excluding ortho intramolecular Hbond substituents is 1. The molecule has 0 atom stereocenters. The lowest BCUT2D eigenvalue weighted by molar-refractivity contribution is 0.0593. The standard InChI is InChI=1S/C13H10F2O2.C12H8F2O2.C9H8F2O3.C7H3F3O2.C7H4F2O3.C5H6/c1-17-13-10(6-9(14)7-11(13)15)12(16)8-4-2-3-5-8;13-8-5-9(12(16)10(14)6-8)11(15)7-3-1-2-4-7;1-13-8-6(9(12)14-2)3-5(10)4-7(8)11;2*8-3-1-4(7(11)12)6(10)5(9)2-3;1-2-4-5-3-1/h2-4,6-7H,5H2,1H3;1-3,5-6,16H,4H2;3-4H,1-2H3;1-2H,(H,11,12);1-2,10H,(H,11,12);1-4H,5H2. The number of hydrogen-bond acceptors (Lipinski definition) is 10. The lowest BCUT2D eigenvalue weighted by Crippen LogP contribution is -2.06. The number of aromatic hydroxyl groups is 2. The van der Waals surface area contributed by atoms with Crippen LogP contribution < -0.4 is 9.47 Å². The van der Waals surface area contributed by atoms with E-state index in [2.05, 4.69) is 33.8 Å². The summed E-state index contributed by atoms with van der Waals surface area (Å²) in [6.45, 7) is 0. The fraction of sp³-hybridized carbons (Fsp3) is 0.113. The highest BCUT2D eigenvalue weighted by molar-refractivity contribution is 6.11. The number of aromatic carboxylic acids is 2. The summed E-state index contributed by atoms with van der Waals surface area (Å²) in [6, 6.07) is 6.18. The fourth-order valence-electron chi connectivity index (χ4n) is 6.12. The first-order chi connectivity index (χ1) is 35.9. The molecule has 0 unspecified atom stereocenters. The number of Topliss-reactive ketones (excluding diaryl/α,β-unsaturated/α-hetero) is 2. The zero-order valence-electron chi connectivity index (χ0n) is 39.4. The number of methoxy groups -OCH3 is 3. The van der Waals surface area contributed by atoms with E-state index in [9.17, 15) is 77.4 Å². The van der Waals surface area contributed by atoms with E-state index in [0.717, 1.165) is 31.7 Å². The van der Waals surface area contributed by atoms with Gasteiger partial charge >= 0.3 is 17.9 Å². The van der Waals surface area contributed by atoms with Crippen LogP contribution in [0.1, 0.15) is 71.1 Å². The average Bonchev–Trinajstić information content (AvgIpc) is 4.22. The molecule has 23 heteroatoms. The number of allylic oxidation sites excluding steroid dienone is 12.